The molecule has 0 aliphatic carbocycles. The lowest BCUT2D eigenvalue weighted by Crippen LogP contribution is -2.65. The summed E-state index contributed by atoms with van der Waals surface area (Å²) < 4.78 is 21.6. The van der Waals surface area contributed by atoms with E-state index in [1.165, 1.54) is 20.8 Å². The van der Waals surface area contributed by atoms with Gasteiger partial charge < -0.3 is 29.4 Å². The Morgan fingerprint density at radius 1 is 1.07 bits per heavy atom. The van der Waals surface area contributed by atoms with E-state index < -0.39 is 48.5 Å². The lowest BCUT2D eigenvalue weighted by Gasteiger charge is -2.43. The van der Waals surface area contributed by atoms with E-state index in [1.807, 2.05) is 30.3 Å². The molecule has 1 saturated heterocycles. The minimum absolute atomic E-state index is 0.0433. The SMILES string of the molecule is CC(=O)N[C@@H]1[C@@H](OC(C)=O)O[C@H](COCc2ccccc2)[C@@H](O)[C@@H]1OC(C)=O. The lowest BCUT2D eigenvalue weighted by atomic mass is 9.96. The molecule has 1 aliphatic rings. The van der Waals surface area contributed by atoms with Gasteiger partial charge in [-0.1, -0.05) is 30.3 Å². The van der Waals surface area contributed by atoms with Gasteiger partial charge in [-0.05, 0) is 5.56 Å². The number of aliphatic hydroxyl groups excluding tert-OH is 1. The van der Waals surface area contributed by atoms with E-state index in [0.717, 1.165) is 5.56 Å². The van der Waals surface area contributed by atoms with Gasteiger partial charge in [-0.3, -0.25) is 14.4 Å². The van der Waals surface area contributed by atoms with Crippen LogP contribution in [-0.4, -0.2) is 60.2 Å². The molecule has 0 radical (unpaired) electrons. The Hall–Kier alpha value is -2.49. The third kappa shape index (κ3) is 6.29. The summed E-state index contributed by atoms with van der Waals surface area (Å²) in [6.45, 7) is 3.84. The third-order valence-electron chi connectivity index (χ3n) is 4.02. The number of amides is 1. The summed E-state index contributed by atoms with van der Waals surface area (Å²) in [7, 11) is 0. The van der Waals surface area contributed by atoms with Crippen molar-refractivity contribution in [3.63, 3.8) is 0 Å². The minimum Gasteiger partial charge on any atom is -0.457 e. The molecule has 9 heteroatoms. The average Bonchev–Trinajstić information content (AvgIpc) is 2.61. The van der Waals surface area contributed by atoms with Gasteiger partial charge in [0, 0.05) is 20.8 Å². The molecule has 0 aromatic heterocycles. The number of nitrogens with one attached hydrogen (secondary N) is 1. The Labute approximate surface area is 162 Å². The quantitative estimate of drug-likeness (QED) is 0.632. The first kappa shape index (κ1) is 21.8. The Morgan fingerprint density at radius 2 is 1.71 bits per heavy atom. The van der Waals surface area contributed by atoms with Gasteiger partial charge >= 0.3 is 11.9 Å². The van der Waals surface area contributed by atoms with E-state index in [2.05, 4.69) is 5.32 Å². The van der Waals surface area contributed by atoms with E-state index in [1.54, 1.807) is 0 Å². The van der Waals surface area contributed by atoms with Gasteiger partial charge in [0.2, 0.25) is 12.2 Å². The van der Waals surface area contributed by atoms with Crippen molar-refractivity contribution >= 4 is 17.8 Å². The van der Waals surface area contributed by atoms with Gasteiger partial charge in [-0.25, -0.2) is 0 Å². The second-order valence-corrected chi connectivity index (χ2v) is 6.44. The zero-order chi connectivity index (χ0) is 20.7. The molecule has 2 rings (SSSR count). The highest BCUT2D eigenvalue weighted by Crippen LogP contribution is 2.25. The van der Waals surface area contributed by atoms with Crippen LogP contribution in [-0.2, 0) is 39.9 Å². The molecule has 0 bridgehead atoms. The summed E-state index contributed by atoms with van der Waals surface area (Å²) in [6.07, 6.45) is -4.67. The van der Waals surface area contributed by atoms with Crippen LogP contribution in [0.15, 0.2) is 30.3 Å². The Bertz CT molecular complexity index is 680. The maximum absolute atomic E-state index is 11.5. The van der Waals surface area contributed by atoms with Crippen LogP contribution in [0.25, 0.3) is 0 Å². The highest BCUT2D eigenvalue weighted by atomic mass is 16.7. The van der Waals surface area contributed by atoms with Crippen LogP contribution in [0, 0.1) is 0 Å². The highest BCUT2D eigenvalue weighted by molar-refractivity contribution is 5.73. The van der Waals surface area contributed by atoms with E-state index in [-0.39, 0.29) is 13.2 Å². The number of benzene rings is 1. The van der Waals surface area contributed by atoms with Crippen LogP contribution in [0.5, 0.6) is 0 Å². The summed E-state index contributed by atoms with van der Waals surface area (Å²) in [5.41, 5.74) is 0.928. The fraction of sp³-hybridized carbons (Fsp3) is 0.526. The molecule has 1 aromatic carbocycles. The molecule has 9 nitrogen and oxygen atoms in total. The summed E-state index contributed by atoms with van der Waals surface area (Å²) in [6, 6.07) is 8.33. The van der Waals surface area contributed by atoms with Crippen LogP contribution in [0.2, 0.25) is 0 Å². The van der Waals surface area contributed by atoms with Crippen LogP contribution in [0.3, 0.4) is 0 Å². The maximum Gasteiger partial charge on any atom is 0.305 e. The predicted octanol–water partition coefficient (Wildman–Crippen LogP) is 0.288. The fourth-order valence-corrected chi connectivity index (χ4v) is 2.91. The molecular formula is C19H25NO8. The molecule has 154 valence electrons. The first-order valence-electron chi connectivity index (χ1n) is 8.84. The number of carbonyl (C=O) groups is 3. The number of ether oxygens (including phenoxy) is 4. The lowest BCUT2D eigenvalue weighted by molar-refractivity contribution is -0.268. The zero-order valence-electron chi connectivity index (χ0n) is 16.0. The van der Waals surface area contributed by atoms with Gasteiger partial charge in [-0.2, -0.15) is 0 Å². The smallest absolute Gasteiger partial charge is 0.305 e. The van der Waals surface area contributed by atoms with Gasteiger partial charge in [0.05, 0.1) is 13.2 Å². The molecule has 0 saturated carbocycles. The van der Waals surface area contributed by atoms with E-state index in [4.69, 9.17) is 18.9 Å². The van der Waals surface area contributed by atoms with Crippen molar-refractivity contribution in [3.8, 4) is 0 Å². The number of hydrogen-bond acceptors (Lipinski definition) is 8. The van der Waals surface area contributed by atoms with Crippen LogP contribution in [0.1, 0.15) is 26.3 Å². The number of carbonyl (C=O) groups excluding carboxylic acids is 3. The third-order valence-corrected chi connectivity index (χ3v) is 4.02. The molecule has 0 unspecified atom stereocenters. The topological polar surface area (TPSA) is 120 Å². The van der Waals surface area contributed by atoms with E-state index in [9.17, 15) is 19.5 Å². The number of esters is 2. The minimum atomic E-state index is -1.30. The highest BCUT2D eigenvalue weighted by Gasteiger charge is 2.49. The molecule has 28 heavy (non-hydrogen) atoms. The summed E-state index contributed by atoms with van der Waals surface area (Å²) in [5.74, 6) is -1.78. The van der Waals surface area contributed by atoms with Crippen molar-refractivity contribution in [1.82, 2.24) is 5.32 Å². The molecule has 1 heterocycles. The molecule has 2 N–H and O–H groups in total. The van der Waals surface area contributed by atoms with Crippen molar-refractivity contribution in [3.05, 3.63) is 35.9 Å². The summed E-state index contributed by atoms with van der Waals surface area (Å²) in [5, 5.41) is 13.1. The van der Waals surface area contributed by atoms with Crippen molar-refractivity contribution in [2.45, 2.75) is 58.0 Å². The fourth-order valence-electron chi connectivity index (χ4n) is 2.91. The molecule has 0 spiro atoms. The van der Waals surface area contributed by atoms with Gasteiger partial charge in [0.25, 0.3) is 0 Å². The van der Waals surface area contributed by atoms with Crippen molar-refractivity contribution in [1.29, 1.82) is 0 Å². The molecular weight excluding hydrogens is 370 g/mol. The Kier molecular flexibility index (Phi) is 7.91. The standard InChI is InChI=1S/C19H25NO8/c1-11(21)20-16-18(26-12(2)22)17(24)15(28-19(16)27-13(3)23)10-25-9-14-7-5-4-6-8-14/h4-8,15-19,24H,9-10H2,1-3H3,(H,20,21)/t15-,16+,17-,18-,19+/m1/s1. The second-order valence-electron chi connectivity index (χ2n) is 6.44. The predicted molar refractivity (Wildman–Crippen MR) is 95.7 cm³/mol. The second kappa shape index (κ2) is 10.2. The average molecular weight is 395 g/mol. The van der Waals surface area contributed by atoms with Crippen LogP contribution < -0.4 is 5.32 Å². The number of aliphatic hydroxyl groups is 1. The normalized spacial score (nSPS) is 26.9. The van der Waals surface area contributed by atoms with E-state index >= 15 is 0 Å². The maximum atomic E-state index is 11.5. The van der Waals surface area contributed by atoms with Crippen LogP contribution in [0.4, 0.5) is 0 Å². The monoisotopic (exact) mass is 395 g/mol. The van der Waals surface area contributed by atoms with Gasteiger partial charge in [0.1, 0.15) is 18.2 Å². The zero-order valence-corrected chi connectivity index (χ0v) is 16.0. The first-order chi connectivity index (χ1) is 13.3. The first-order valence-corrected chi connectivity index (χ1v) is 8.84. The molecule has 1 aliphatic heterocycles. The van der Waals surface area contributed by atoms with Gasteiger partial charge in [-0.15, -0.1) is 0 Å². The number of hydrogen-bond donors (Lipinski definition) is 2. The van der Waals surface area contributed by atoms with Crippen molar-refractivity contribution in [2.75, 3.05) is 6.61 Å². The van der Waals surface area contributed by atoms with E-state index in [0.29, 0.717) is 0 Å². The number of rotatable bonds is 7. The molecule has 1 aromatic rings. The molecule has 1 amide bonds. The Morgan fingerprint density at radius 3 is 2.29 bits per heavy atom. The summed E-state index contributed by atoms with van der Waals surface area (Å²) in [4.78, 5) is 34.5. The summed E-state index contributed by atoms with van der Waals surface area (Å²) >= 11 is 0. The Balaban J connectivity index is 2.13. The molecule has 5 atom stereocenters. The molecule has 1 fully saturated rings. The van der Waals surface area contributed by atoms with Gasteiger partial charge in [0.15, 0.2) is 6.10 Å². The van der Waals surface area contributed by atoms with Crippen molar-refractivity contribution in [2.24, 2.45) is 0 Å². The van der Waals surface area contributed by atoms with Crippen LogP contribution >= 0.6 is 0 Å². The largest absolute Gasteiger partial charge is 0.457 e. The van der Waals surface area contributed by atoms with Crippen molar-refractivity contribution < 1.29 is 38.4 Å².